The summed E-state index contributed by atoms with van der Waals surface area (Å²) in [4.78, 5) is 2.88. The molecule has 0 saturated heterocycles. The van der Waals surface area contributed by atoms with Crippen LogP contribution in [0.1, 0.15) is 31.5 Å². The molecule has 0 unspecified atom stereocenters. The lowest BCUT2D eigenvalue weighted by Gasteiger charge is -2.10. The fourth-order valence-electron chi connectivity index (χ4n) is 1.84. The fourth-order valence-corrected chi connectivity index (χ4v) is 1.84. The van der Waals surface area contributed by atoms with Crippen LogP contribution in [0.2, 0.25) is 0 Å². The van der Waals surface area contributed by atoms with Gasteiger partial charge in [0.2, 0.25) is 0 Å². The number of rotatable bonds is 1. The fraction of sp³-hybridized carbons (Fsp3) is 0.278. The highest BCUT2D eigenvalue weighted by molar-refractivity contribution is 5.58. The summed E-state index contributed by atoms with van der Waals surface area (Å²) < 4.78 is 73.3. The average Bonchev–Trinajstić information content (AvgIpc) is 2.54. The molecule has 0 heterocycles. The predicted octanol–water partition coefficient (Wildman–Crippen LogP) is 5.86. The summed E-state index contributed by atoms with van der Waals surface area (Å²) in [7, 11) is 0. The number of anilines is 2. The van der Waals surface area contributed by atoms with Gasteiger partial charge >= 0.3 is 12.4 Å². The average molecular weight is 408 g/mol. The molecule has 0 fully saturated rings. The Morgan fingerprint density at radius 2 is 1.21 bits per heavy atom. The number of hydrogen-bond donors (Lipinski definition) is 3. The van der Waals surface area contributed by atoms with Gasteiger partial charge in [-0.25, -0.2) is 4.85 Å². The first kappa shape index (κ1) is 27.3. The summed E-state index contributed by atoms with van der Waals surface area (Å²) >= 11 is 0. The molecule has 0 aromatic heterocycles. The summed E-state index contributed by atoms with van der Waals surface area (Å²) in [6, 6.07) is 6.72. The Balaban J connectivity index is 0. The van der Waals surface area contributed by atoms with Crippen LogP contribution in [-0.2, 0) is 18.9 Å². The van der Waals surface area contributed by atoms with Gasteiger partial charge < -0.3 is 17.2 Å². The SMILES string of the molecule is C.C.NCc1ccc(N)c(C(F)(F)F)c1.[C-]#[N+]c1ccc(N)c(C(F)(F)F)c1. The molecule has 156 valence electrons. The van der Waals surface area contributed by atoms with E-state index in [2.05, 4.69) is 4.85 Å². The lowest BCUT2D eigenvalue weighted by Crippen LogP contribution is -2.10. The molecule has 10 heteroatoms. The molecular weight excluding hydrogens is 386 g/mol. The number of nitrogen functional groups attached to an aromatic ring is 2. The zero-order valence-corrected chi connectivity index (χ0v) is 13.1. The standard InChI is InChI=1S/C8H5F3N2.C8H9F3N2.2CH4/c1-13-5-2-3-7(12)6(4-5)8(9,10)11;9-8(10,11)6-3-5(4-12)1-2-7(6)13;;/h2-4H,12H2;1-3H,4,12-13H2;2*1H4. The molecule has 4 nitrogen and oxygen atoms in total. The smallest absolute Gasteiger partial charge is 0.398 e. The molecule has 0 aliphatic rings. The van der Waals surface area contributed by atoms with E-state index in [0.29, 0.717) is 5.56 Å². The largest absolute Gasteiger partial charge is 0.418 e. The van der Waals surface area contributed by atoms with Gasteiger partial charge in [0, 0.05) is 17.9 Å². The predicted molar refractivity (Wildman–Crippen MR) is 99.3 cm³/mol. The van der Waals surface area contributed by atoms with E-state index in [-0.39, 0.29) is 38.5 Å². The molecular formula is C18H22F6N4. The van der Waals surface area contributed by atoms with Crippen LogP contribution >= 0.6 is 0 Å². The Kier molecular flexibility index (Phi) is 10.2. The summed E-state index contributed by atoms with van der Waals surface area (Å²) in [6.45, 7) is 6.60. The van der Waals surface area contributed by atoms with Crippen molar-refractivity contribution in [3.05, 3.63) is 64.5 Å². The maximum atomic E-state index is 12.2. The summed E-state index contributed by atoms with van der Waals surface area (Å²) in [5.74, 6) is 0. The van der Waals surface area contributed by atoms with Crippen molar-refractivity contribution in [3.63, 3.8) is 0 Å². The van der Waals surface area contributed by atoms with Crippen molar-refractivity contribution in [2.75, 3.05) is 11.5 Å². The third-order valence-electron chi connectivity index (χ3n) is 3.13. The minimum atomic E-state index is -4.50. The molecule has 6 N–H and O–H groups in total. The zero-order chi connectivity index (χ0) is 20.1. The third-order valence-corrected chi connectivity index (χ3v) is 3.13. The first-order valence-corrected chi connectivity index (χ1v) is 6.90. The van der Waals surface area contributed by atoms with E-state index >= 15 is 0 Å². The van der Waals surface area contributed by atoms with Crippen LogP contribution in [0.3, 0.4) is 0 Å². The molecule has 0 radical (unpaired) electrons. The van der Waals surface area contributed by atoms with Crippen molar-refractivity contribution in [2.24, 2.45) is 5.73 Å². The Bertz CT molecular complexity index is 807. The zero-order valence-electron chi connectivity index (χ0n) is 13.1. The van der Waals surface area contributed by atoms with Gasteiger partial charge in [0.05, 0.1) is 17.7 Å². The summed E-state index contributed by atoms with van der Waals surface area (Å²) in [5, 5.41) is 0. The van der Waals surface area contributed by atoms with Crippen LogP contribution in [-0.4, -0.2) is 0 Å². The first-order valence-electron chi connectivity index (χ1n) is 6.90. The van der Waals surface area contributed by atoms with Gasteiger partial charge in [0.15, 0.2) is 5.69 Å². The maximum Gasteiger partial charge on any atom is 0.418 e. The van der Waals surface area contributed by atoms with Crippen LogP contribution in [0.15, 0.2) is 36.4 Å². The van der Waals surface area contributed by atoms with Gasteiger partial charge in [-0.3, -0.25) is 0 Å². The molecule has 0 atom stereocenters. The van der Waals surface area contributed by atoms with Gasteiger partial charge in [-0.15, -0.1) is 0 Å². The Morgan fingerprint density at radius 1 is 0.786 bits per heavy atom. The molecule has 2 aromatic carbocycles. The van der Waals surface area contributed by atoms with Crippen molar-refractivity contribution in [1.29, 1.82) is 0 Å². The van der Waals surface area contributed by atoms with Crippen molar-refractivity contribution in [2.45, 2.75) is 33.8 Å². The minimum absolute atomic E-state index is 0. The molecule has 0 bridgehead atoms. The van der Waals surface area contributed by atoms with Gasteiger partial charge in [-0.05, 0) is 29.8 Å². The lowest BCUT2D eigenvalue weighted by atomic mass is 10.1. The monoisotopic (exact) mass is 408 g/mol. The van der Waals surface area contributed by atoms with Gasteiger partial charge in [-0.2, -0.15) is 26.3 Å². The quantitative estimate of drug-likeness (QED) is 0.314. The van der Waals surface area contributed by atoms with E-state index in [0.717, 1.165) is 18.2 Å². The van der Waals surface area contributed by atoms with E-state index in [9.17, 15) is 26.3 Å². The van der Waals surface area contributed by atoms with Crippen LogP contribution in [0.4, 0.5) is 43.4 Å². The van der Waals surface area contributed by atoms with Crippen LogP contribution in [0, 0.1) is 6.57 Å². The normalized spacial score (nSPS) is 10.5. The number of benzene rings is 2. The number of alkyl halides is 6. The number of nitrogens with zero attached hydrogens (tertiary/aromatic N) is 1. The van der Waals surface area contributed by atoms with E-state index in [1.54, 1.807) is 0 Å². The third kappa shape index (κ3) is 7.36. The Hall–Kier alpha value is -2.93. The van der Waals surface area contributed by atoms with Crippen molar-refractivity contribution >= 4 is 17.1 Å². The second-order valence-corrected chi connectivity index (χ2v) is 5.00. The second kappa shape index (κ2) is 10.4. The Labute approximate surface area is 159 Å². The molecule has 2 rings (SSSR count). The second-order valence-electron chi connectivity index (χ2n) is 5.00. The van der Waals surface area contributed by atoms with Crippen LogP contribution in [0.5, 0.6) is 0 Å². The topological polar surface area (TPSA) is 82.4 Å². The van der Waals surface area contributed by atoms with Gasteiger partial charge in [0.25, 0.3) is 0 Å². The summed E-state index contributed by atoms with van der Waals surface area (Å²) in [6.07, 6.45) is -8.90. The van der Waals surface area contributed by atoms with Crippen LogP contribution < -0.4 is 17.2 Å². The van der Waals surface area contributed by atoms with Crippen molar-refractivity contribution in [1.82, 2.24) is 0 Å². The van der Waals surface area contributed by atoms with Gasteiger partial charge in [0.1, 0.15) is 0 Å². The lowest BCUT2D eigenvalue weighted by molar-refractivity contribution is -0.137. The van der Waals surface area contributed by atoms with Crippen molar-refractivity contribution < 1.29 is 26.3 Å². The van der Waals surface area contributed by atoms with E-state index in [1.165, 1.54) is 18.2 Å². The van der Waals surface area contributed by atoms with E-state index in [1.807, 2.05) is 0 Å². The molecule has 0 amide bonds. The maximum absolute atomic E-state index is 12.2. The van der Waals surface area contributed by atoms with E-state index in [4.69, 9.17) is 23.8 Å². The number of halogens is 6. The first-order chi connectivity index (χ1) is 11.9. The molecule has 28 heavy (non-hydrogen) atoms. The molecule has 0 aliphatic heterocycles. The van der Waals surface area contributed by atoms with E-state index < -0.39 is 23.5 Å². The molecule has 0 spiro atoms. The van der Waals surface area contributed by atoms with Gasteiger partial charge in [-0.1, -0.05) is 27.0 Å². The highest BCUT2D eigenvalue weighted by Gasteiger charge is 2.33. The number of hydrogen-bond acceptors (Lipinski definition) is 3. The summed E-state index contributed by atoms with van der Waals surface area (Å²) in [5.41, 5.74) is 13.4. The minimum Gasteiger partial charge on any atom is -0.398 e. The highest BCUT2D eigenvalue weighted by Crippen LogP contribution is 2.36. The highest BCUT2D eigenvalue weighted by atomic mass is 19.4. The Morgan fingerprint density at radius 3 is 1.61 bits per heavy atom. The molecule has 0 saturated carbocycles. The van der Waals surface area contributed by atoms with Crippen molar-refractivity contribution in [3.8, 4) is 0 Å². The number of nitrogens with two attached hydrogens (primary N) is 3. The molecule has 0 aliphatic carbocycles. The van der Waals surface area contributed by atoms with Crippen LogP contribution in [0.25, 0.3) is 4.85 Å². The molecule has 2 aromatic rings.